The lowest BCUT2D eigenvalue weighted by Crippen LogP contribution is -2.15. The van der Waals surface area contributed by atoms with Gasteiger partial charge in [-0.2, -0.15) is 0 Å². The lowest BCUT2D eigenvalue weighted by Gasteiger charge is -2.11. The summed E-state index contributed by atoms with van der Waals surface area (Å²) in [5, 5.41) is -0.448. The molecule has 0 aliphatic heterocycles. The molecule has 20 heavy (non-hydrogen) atoms. The van der Waals surface area contributed by atoms with Gasteiger partial charge >= 0.3 is 0 Å². The van der Waals surface area contributed by atoms with Crippen molar-refractivity contribution < 1.29 is 13.6 Å². The summed E-state index contributed by atoms with van der Waals surface area (Å²) in [7, 11) is 0. The van der Waals surface area contributed by atoms with E-state index < -0.39 is 16.9 Å². The van der Waals surface area contributed by atoms with Crippen LogP contribution >= 0.6 is 27.7 Å². The van der Waals surface area contributed by atoms with Crippen molar-refractivity contribution in [3.63, 3.8) is 0 Å². The molecule has 0 N–H and O–H groups in total. The number of hydrogen-bond acceptors (Lipinski definition) is 2. The van der Waals surface area contributed by atoms with Crippen LogP contribution in [0, 0.1) is 11.6 Å². The number of Topliss-reactive ketones (excluding diaryl/α,β-unsaturated/α-hetero) is 1. The van der Waals surface area contributed by atoms with Crippen molar-refractivity contribution in [2.24, 2.45) is 0 Å². The lowest BCUT2D eigenvalue weighted by atomic mass is 10.1. The van der Waals surface area contributed by atoms with Crippen molar-refractivity contribution in [2.75, 3.05) is 0 Å². The second kappa shape index (κ2) is 6.50. The third-order valence-electron chi connectivity index (χ3n) is 2.69. The summed E-state index contributed by atoms with van der Waals surface area (Å²) in [4.78, 5) is 13.1. The summed E-state index contributed by atoms with van der Waals surface area (Å²) < 4.78 is 27.4. The van der Waals surface area contributed by atoms with Crippen molar-refractivity contribution in [3.8, 4) is 0 Å². The molecular weight excluding hydrogens is 346 g/mol. The number of benzene rings is 2. The third-order valence-corrected chi connectivity index (χ3v) is 4.33. The zero-order valence-corrected chi connectivity index (χ0v) is 13.0. The van der Waals surface area contributed by atoms with E-state index >= 15 is 0 Å². The Kier molecular flexibility index (Phi) is 4.94. The molecule has 0 saturated carbocycles. The molecule has 5 heteroatoms. The Hall–Kier alpha value is -1.20. The van der Waals surface area contributed by atoms with Crippen LogP contribution in [0.25, 0.3) is 0 Å². The zero-order chi connectivity index (χ0) is 14.7. The molecule has 1 atom stereocenters. The molecule has 1 unspecified atom stereocenters. The van der Waals surface area contributed by atoms with E-state index in [1.165, 1.54) is 17.8 Å². The van der Waals surface area contributed by atoms with Gasteiger partial charge in [-0.05, 0) is 43.3 Å². The summed E-state index contributed by atoms with van der Waals surface area (Å²) in [6, 6.07) is 10.5. The van der Waals surface area contributed by atoms with E-state index in [9.17, 15) is 13.6 Å². The summed E-state index contributed by atoms with van der Waals surface area (Å²) in [5.41, 5.74) is -0.0801. The van der Waals surface area contributed by atoms with Gasteiger partial charge in [-0.1, -0.05) is 15.9 Å². The molecule has 0 aromatic heterocycles. The summed E-state index contributed by atoms with van der Waals surface area (Å²) in [5.74, 6) is -1.86. The minimum Gasteiger partial charge on any atom is -0.293 e. The highest BCUT2D eigenvalue weighted by atomic mass is 79.9. The minimum atomic E-state index is -0.821. The van der Waals surface area contributed by atoms with Gasteiger partial charge in [0, 0.05) is 15.4 Å². The van der Waals surface area contributed by atoms with E-state index in [2.05, 4.69) is 15.9 Å². The Morgan fingerprint density at radius 1 is 1.15 bits per heavy atom. The zero-order valence-electron chi connectivity index (χ0n) is 10.6. The van der Waals surface area contributed by atoms with Crippen LogP contribution in [0.15, 0.2) is 51.8 Å². The van der Waals surface area contributed by atoms with Gasteiger partial charge in [0.2, 0.25) is 0 Å². The molecule has 0 heterocycles. The van der Waals surface area contributed by atoms with Crippen molar-refractivity contribution in [1.29, 1.82) is 0 Å². The number of ketones is 1. The van der Waals surface area contributed by atoms with E-state index in [0.29, 0.717) is 0 Å². The second-order valence-corrected chi connectivity index (χ2v) is 6.53. The largest absolute Gasteiger partial charge is 0.293 e. The first-order valence-corrected chi connectivity index (χ1v) is 7.56. The van der Waals surface area contributed by atoms with Crippen LogP contribution in [0.4, 0.5) is 8.78 Å². The molecule has 0 saturated heterocycles. The Morgan fingerprint density at radius 3 is 2.40 bits per heavy atom. The molecular formula is C15H11BrF2OS. The number of thioether (sulfide) groups is 1. The van der Waals surface area contributed by atoms with Crippen LogP contribution in [0.3, 0.4) is 0 Å². The molecule has 0 aliphatic rings. The first-order chi connectivity index (χ1) is 9.47. The average molecular weight is 357 g/mol. The van der Waals surface area contributed by atoms with Gasteiger partial charge in [-0.25, -0.2) is 8.78 Å². The maximum Gasteiger partial charge on any atom is 0.178 e. The fraction of sp³-hybridized carbons (Fsp3) is 0.133. The molecule has 0 radical (unpaired) electrons. The Labute approximate surface area is 128 Å². The third kappa shape index (κ3) is 3.67. The highest BCUT2D eigenvalue weighted by Gasteiger charge is 2.20. The Morgan fingerprint density at radius 2 is 1.80 bits per heavy atom. The molecule has 2 rings (SSSR count). The average Bonchev–Trinajstić information content (AvgIpc) is 2.40. The van der Waals surface area contributed by atoms with Gasteiger partial charge in [-0.3, -0.25) is 4.79 Å². The normalized spacial score (nSPS) is 12.2. The topological polar surface area (TPSA) is 17.1 Å². The van der Waals surface area contributed by atoms with E-state index in [1.807, 2.05) is 24.3 Å². The fourth-order valence-electron chi connectivity index (χ4n) is 1.68. The molecule has 0 amide bonds. The molecule has 1 nitrogen and oxygen atoms in total. The predicted molar refractivity (Wildman–Crippen MR) is 80.1 cm³/mol. The van der Waals surface area contributed by atoms with Gasteiger partial charge < -0.3 is 0 Å². The quantitative estimate of drug-likeness (QED) is 0.560. The van der Waals surface area contributed by atoms with E-state index in [-0.39, 0.29) is 11.3 Å². The first kappa shape index (κ1) is 15.2. The molecule has 2 aromatic carbocycles. The molecule has 0 bridgehead atoms. The fourth-order valence-corrected chi connectivity index (χ4v) is 2.88. The molecule has 0 fully saturated rings. The lowest BCUT2D eigenvalue weighted by molar-refractivity contribution is 0.0990. The minimum absolute atomic E-state index is 0.0801. The number of halogens is 3. The smallest absolute Gasteiger partial charge is 0.178 e. The molecule has 0 spiro atoms. The predicted octanol–water partition coefficient (Wildman–Crippen LogP) is 5.09. The number of hydrogen-bond donors (Lipinski definition) is 0. The van der Waals surface area contributed by atoms with Crippen LogP contribution in [0.2, 0.25) is 0 Å². The first-order valence-electron chi connectivity index (χ1n) is 5.89. The Balaban J connectivity index is 2.14. The van der Waals surface area contributed by atoms with Crippen molar-refractivity contribution in [3.05, 3.63) is 64.1 Å². The van der Waals surface area contributed by atoms with E-state index in [4.69, 9.17) is 0 Å². The highest BCUT2D eigenvalue weighted by Crippen LogP contribution is 2.27. The van der Waals surface area contributed by atoms with Gasteiger partial charge in [0.05, 0.1) is 10.8 Å². The number of carbonyl (C=O) groups excluding carboxylic acids is 1. The van der Waals surface area contributed by atoms with Gasteiger partial charge in [0.25, 0.3) is 0 Å². The standard InChI is InChI=1S/C15H11BrF2OS/c1-9(20-12-5-2-10(16)3-6-12)15(19)13-7-4-11(17)8-14(13)18/h2-9H,1H3. The number of carbonyl (C=O) groups is 1. The van der Waals surface area contributed by atoms with E-state index in [0.717, 1.165) is 21.5 Å². The van der Waals surface area contributed by atoms with Gasteiger partial charge in [0.1, 0.15) is 11.6 Å². The van der Waals surface area contributed by atoms with Crippen molar-refractivity contribution in [1.82, 2.24) is 0 Å². The van der Waals surface area contributed by atoms with Crippen LogP contribution < -0.4 is 0 Å². The monoisotopic (exact) mass is 356 g/mol. The van der Waals surface area contributed by atoms with Crippen LogP contribution in [0.1, 0.15) is 17.3 Å². The molecule has 104 valence electrons. The number of rotatable bonds is 4. The van der Waals surface area contributed by atoms with Gasteiger partial charge in [-0.15, -0.1) is 11.8 Å². The van der Waals surface area contributed by atoms with E-state index in [1.54, 1.807) is 6.92 Å². The molecule has 0 aliphatic carbocycles. The van der Waals surface area contributed by atoms with Crippen molar-refractivity contribution in [2.45, 2.75) is 17.1 Å². The summed E-state index contributed by atoms with van der Waals surface area (Å²) >= 11 is 4.67. The maximum atomic E-state index is 13.6. The molecule has 2 aromatic rings. The maximum absolute atomic E-state index is 13.6. The SMILES string of the molecule is CC(Sc1ccc(Br)cc1)C(=O)c1ccc(F)cc1F. The van der Waals surface area contributed by atoms with Crippen LogP contribution in [-0.4, -0.2) is 11.0 Å². The van der Waals surface area contributed by atoms with Crippen molar-refractivity contribution >= 4 is 33.5 Å². The van der Waals surface area contributed by atoms with Crippen LogP contribution in [-0.2, 0) is 0 Å². The highest BCUT2D eigenvalue weighted by molar-refractivity contribution is 9.10. The second-order valence-electron chi connectivity index (χ2n) is 4.20. The van der Waals surface area contributed by atoms with Crippen LogP contribution in [0.5, 0.6) is 0 Å². The summed E-state index contributed by atoms with van der Waals surface area (Å²) in [6.07, 6.45) is 0. The Bertz CT molecular complexity index is 628. The van der Waals surface area contributed by atoms with Gasteiger partial charge in [0.15, 0.2) is 5.78 Å². The summed E-state index contributed by atoms with van der Waals surface area (Å²) in [6.45, 7) is 1.71.